The van der Waals surface area contributed by atoms with Crippen molar-refractivity contribution in [3.63, 3.8) is 0 Å². The number of quaternary nitrogens is 1. The molecule has 1 aliphatic rings. The molecule has 0 spiro atoms. The van der Waals surface area contributed by atoms with Crippen molar-refractivity contribution in [2.75, 3.05) is 53.3 Å². The molecule has 4 rings (SSSR count). The second-order valence-electron chi connectivity index (χ2n) is 11.4. The van der Waals surface area contributed by atoms with Gasteiger partial charge in [0.15, 0.2) is 6.54 Å². The number of benzene rings is 2. The Morgan fingerprint density at radius 2 is 1.89 bits per heavy atom. The van der Waals surface area contributed by atoms with Gasteiger partial charge in [-0.1, -0.05) is 12.1 Å². The van der Waals surface area contributed by atoms with Crippen molar-refractivity contribution in [2.45, 2.75) is 25.6 Å². The topological polar surface area (TPSA) is 124 Å². The number of halogens is 3. The van der Waals surface area contributed by atoms with E-state index in [1.54, 1.807) is 39.2 Å². The van der Waals surface area contributed by atoms with Crippen LogP contribution < -0.4 is 10.6 Å². The summed E-state index contributed by atoms with van der Waals surface area (Å²) in [6.07, 6.45) is -4.27. The molecule has 232 valence electrons. The summed E-state index contributed by atoms with van der Waals surface area (Å²) in [5.41, 5.74) is 0.0891. The molecule has 3 aromatic rings. The lowest BCUT2D eigenvalue weighted by Crippen LogP contribution is -2.48. The number of nitriles is 1. The van der Waals surface area contributed by atoms with Gasteiger partial charge in [-0.25, -0.2) is 19.3 Å². The molecular formula is C30H33F3N7O4+. The van der Waals surface area contributed by atoms with E-state index >= 15 is 0 Å². The monoisotopic (exact) mass is 612 g/mol. The number of likely N-dealkylation sites (N-methyl/N-ethyl adjacent to an activating group) is 2. The van der Waals surface area contributed by atoms with Gasteiger partial charge in [0, 0.05) is 31.9 Å². The number of aromatic nitrogens is 3. The summed E-state index contributed by atoms with van der Waals surface area (Å²) in [6, 6.07) is 10.4. The maximum absolute atomic E-state index is 13.6. The van der Waals surface area contributed by atoms with E-state index in [0.29, 0.717) is 34.1 Å². The van der Waals surface area contributed by atoms with E-state index < -0.39 is 29.4 Å². The van der Waals surface area contributed by atoms with Gasteiger partial charge in [0.2, 0.25) is 5.95 Å². The number of anilines is 2. The average Bonchev–Trinajstić information content (AvgIpc) is 3.34. The predicted molar refractivity (Wildman–Crippen MR) is 155 cm³/mol. The summed E-state index contributed by atoms with van der Waals surface area (Å²) in [4.78, 5) is 42.0. The Morgan fingerprint density at radius 1 is 1.18 bits per heavy atom. The van der Waals surface area contributed by atoms with Gasteiger partial charge in [-0.3, -0.25) is 9.69 Å². The van der Waals surface area contributed by atoms with Crippen LogP contribution in [0.4, 0.5) is 24.8 Å². The minimum absolute atomic E-state index is 0.00315. The van der Waals surface area contributed by atoms with Crippen molar-refractivity contribution in [2.24, 2.45) is 0 Å². The number of hydrogen-bond acceptors (Lipinski definition) is 7. The van der Waals surface area contributed by atoms with Crippen LogP contribution in [0.3, 0.4) is 0 Å². The van der Waals surface area contributed by atoms with Crippen LogP contribution in [0.1, 0.15) is 35.2 Å². The highest BCUT2D eigenvalue weighted by atomic mass is 19.4. The number of nitrogens with zero attached hydrogens (tertiary/aromatic N) is 6. The molecular weight excluding hydrogens is 579 g/mol. The normalized spacial score (nSPS) is 15.1. The summed E-state index contributed by atoms with van der Waals surface area (Å²) < 4.78 is 47.5. The molecule has 0 bridgehead atoms. The third kappa shape index (κ3) is 6.23. The number of aromatic amines is 1. The second-order valence-corrected chi connectivity index (χ2v) is 11.4. The fourth-order valence-corrected chi connectivity index (χ4v) is 5.25. The summed E-state index contributed by atoms with van der Waals surface area (Å²) in [7, 11) is 8.30. The molecule has 0 radical (unpaired) electrons. The first-order chi connectivity index (χ1) is 20.6. The molecule has 0 saturated heterocycles. The standard InChI is InChI=1S/C30H32F3N7O4/c1-18-25(27(42)44-6)26(23-11-10-19(16-34)14-20(23)12-13-40(4,5)17-24(41)37(2)3)39-28(35-36-29(39)43)38(18)22-9-7-8-21(15-22)30(31,32)33/h7-11,14-15,26H,12-13,17H2,1-6H3/p+1/t26-/m1/s1. The number of hydrogen-bond donors (Lipinski definition) is 1. The molecule has 2 heterocycles. The molecule has 1 atom stereocenters. The van der Waals surface area contributed by atoms with Gasteiger partial charge >= 0.3 is 17.8 Å². The number of methoxy groups -OCH3 is 1. The SMILES string of the molecule is COC(=O)C1=C(C)N(c2cccc(C(F)(F)F)c2)c2n[nH]c(=O)n2[C@@H]1c1ccc(C#N)cc1CC[N+](C)(C)CC(=O)N(C)C. The van der Waals surface area contributed by atoms with Crippen LogP contribution in [0, 0.1) is 11.3 Å². The maximum atomic E-state index is 13.6. The summed E-state index contributed by atoms with van der Waals surface area (Å²) >= 11 is 0. The third-order valence-corrected chi connectivity index (χ3v) is 7.59. The molecule has 1 amide bonds. The Bertz CT molecular complexity index is 1730. The molecule has 0 unspecified atom stereocenters. The van der Waals surface area contributed by atoms with Crippen molar-refractivity contribution < 1.29 is 32.0 Å². The Hall–Kier alpha value is -4.90. The van der Waals surface area contributed by atoms with E-state index in [1.165, 1.54) is 33.6 Å². The van der Waals surface area contributed by atoms with Gasteiger partial charge < -0.3 is 14.1 Å². The average molecular weight is 613 g/mol. The third-order valence-electron chi connectivity index (χ3n) is 7.59. The van der Waals surface area contributed by atoms with Crippen LogP contribution in [-0.2, 0) is 26.9 Å². The Morgan fingerprint density at radius 3 is 2.50 bits per heavy atom. The van der Waals surface area contributed by atoms with Gasteiger partial charge in [0.05, 0.1) is 50.5 Å². The first-order valence-corrected chi connectivity index (χ1v) is 13.6. The van der Waals surface area contributed by atoms with Crippen molar-refractivity contribution in [3.8, 4) is 6.07 Å². The van der Waals surface area contributed by atoms with E-state index in [1.807, 2.05) is 14.1 Å². The highest BCUT2D eigenvalue weighted by Gasteiger charge is 2.41. The Kier molecular flexibility index (Phi) is 8.74. The number of nitrogens with one attached hydrogen (secondary N) is 1. The van der Waals surface area contributed by atoms with Crippen LogP contribution in [0.15, 0.2) is 58.5 Å². The van der Waals surface area contributed by atoms with Crippen LogP contribution >= 0.6 is 0 Å². The van der Waals surface area contributed by atoms with Crippen molar-refractivity contribution in [1.82, 2.24) is 19.7 Å². The molecule has 0 fully saturated rings. The Labute approximate surface area is 251 Å². The maximum Gasteiger partial charge on any atom is 0.416 e. The number of rotatable bonds is 8. The minimum atomic E-state index is -4.64. The molecule has 44 heavy (non-hydrogen) atoms. The lowest BCUT2D eigenvalue weighted by molar-refractivity contribution is -0.882. The number of alkyl halides is 3. The van der Waals surface area contributed by atoms with E-state index in [0.717, 1.165) is 12.1 Å². The molecule has 1 aliphatic heterocycles. The second kappa shape index (κ2) is 12.0. The van der Waals surface area contributed by atoms with E-state index in [2.05, 4.69) is 16.3 Å². The molecule has 11 nitrogen and oxygen atoms in total. The number of esters is 1. The molecule has 0 saturated carbocycles. The number of ether oxygens (including phenoxy) is 1. The zero-order valence-electron chi connectivity index (χ0n) is 25.2. The molecule has 1 N–H and O–H groups in total. The van der Waals surface area contributed by atoms with Gasteiger partial charge in [0.1, 0.15) is 6.04 Å². The van der Waals surface area contributed by atoms with Crippen LogP contribution in [0.5, 0.6) is 0 Å². The number of allylic oxidation sites excluding steroid dienone is 1. The van der Waals surface area contributed by atoms with Gasteiger partial charge in [0.25, 0.3) is 5.91 Å². The van der Waals surface area contributed by atoms with Crippen LogP contribution in [-0.4, -0.2) is 84.4 Å². The van der Waals surface area contributed by atoms with Gasteiger partial charge in [-0.15, -0.1) is 5.10 Å². The number of fused-ring (bicyclic) bond motifs is 1. The number of carbonyl (C=O) groups excluding carboxylic acids is 2. The molecule has 0 aliphatic carbocycles. The first kappa shape index (κ1) is 32.0. The quantitative estimate of drug-likeness (QED) is 0.306. The number of carbonyl (C=O) groups is 2. The number of amides is 1. The summed E-state index contributed by atoms with van der Waals surface area (Å²) in [6.45, 7) is 2.22. The summed E-state index contributed by atoms with van der Waals surface area (Å²) in [5.74, 6) is -0.900. The van der Waals surface area contributed by atoms with E-state index in [-0.39, 0.29) is 35.4 Å². The zero-order valence-corrected chi connectivity index (χ0v) is 25.2. The van der Waals surface area contributed by atoms with Crippen molar-refractivity contribution in [1.29, 1.82) is 5.26 Å². The smallest absolute Gasteiger partial charge is 0.416 e. The lowest BCUT2D eigenvalue weighted by atomic mass is 9.89. The predicted octanol–water partition coefficient (Wildman–Crippen LogP) is 3.36. The highest BCUT2D eigenvalue weighted by molar-refractivity contribution is 5.93. The fourth-order valence-electron chi connectivity index (χ4n) is 5.25. The van der Waals surface area contributed by atoms with Gasteiger partial charge in [-0.2, -0.15) is 18.4 Å². The highest BCUT2D eigenvalue weighted by Crippen LogP contribution is 2.43. The summed E-state index contributed by atoms with van der Waals surface area (Å²) in [5, 5.41) is 16.2. The zero-order chi connectivity index (χ0) is 32.6. The van der Waals surface area contributed by atoms with Gasteiger partial charge in [-0.05, 0) is 48.4 Å². The van der Waals surface area contributed by atoms with Crippen LogP contribution in [0.25, 0.3) is 0 Å². The molecule has 14 heteroatoms. The molecule has 1 aromatic heterocycles. The van der Waals surface area contributed by atoms with E-state index in [9.17, 15) is 32.8 Å². The van der Waals surface area contributed by atoms with Crippen molar-refractivity contribution in [3.05, 3.63) is 86.5 Å². The molecule has 2 aromatic carbocycles. The largest absolute Gasteiger partial charge is 0.466 e. The first-order valence-electron chi connectivity index (χ1n) is 13.6. The van der Waals surface area contributed by atoms with Crippen molar-refractivity contribution >= 4 is 23.5 Å². The lowest BCUT2D eigenvalue weighted by Gasteiger charge is -2.36. The van der Waals surface area contributed by atoms with E-state index in [4.69, 9.17) is 4.74 Å². The Balaban J connectivity index is 1.91. The fraction of sp³-hybridized carbons (Fsp3) is 0.367. The number of H-pyrrole nitrogens is 1. The van der Waals surface area contributed by atoms with Crippen LogP contribution in [0.2, 0.25) is 0 Å². The minimum Gasteiger partial charge on any atom is -0.466 e.